The lowest BCUT2D eigenvalue weighted by atomic mass is 9.90. The Morgan fingerprint density at radius 3 is 2.43 bits per heavy atom. The zero-order valence-corrected chi connectivity index (χ0v) is 17.3. The number of alkyl halides is 3. The molecule has 30 heavy (non-hydrogen) atoms. The number of halogens is 4. The number of nitrogens with zero attached hydrogens (tertiary/aromatic N) is 3. The number of hydrogen-bond donors (Lipinski definition) is 0. The van der Waals surface area contributed by atoms with Crippen molar-refractivity contribution in [2.75, 3.05) is 13.1 Å². The summed E-state index contributed by atoms with van der Waals surface area (Å²) in [5, 5.41) is 1.01. The average Bonchev–Trinajstić information content (AvgIpc) is 2.72. The van der Waals surface area contributed by atoms with Crippen molar-refractivity contribution >= 4 is 32.7 Å². The second kappa shape index (κ2) is 8.22. The van der Waals surface area contributed by atoms with Crippen LogP contribution in [0.3, 0.4) is 0 Å². The third-order valence-corrected chi connectivity index (χ3v) is 5.63. The summed E-state index contributed by atoms with van der Waals surface area (Å²) in [6.07, 6.45) is -1.69. The van der Waals surface area contributed by atoms with E-state index in [1.54, 1.807) is 11.2 Å². The first-order valence-corrected chi connectivity index (χ1v) is 10.1. The highest BCUT2D eigenvalue weighted by Gasteiger charge is 2.31. The van der Waals surface area contributed by atoms with Gasteiger partial charge in [0.2, 0.25) is 0 Å². The van der Waals surface area contributed by atoms with Gasteiger partial charge in [-0.3, -0.25) is 4.79 Å². The van der Waals surface area contributed by atoms with Gasteiger partial charge in [-0.2, -0.15) is 0 Å². The first-order chi connectivity index (χ1) is 14.3. The van der Waals surface area contributed by atoms with E-state index >= 15 is 0 Å². The van der Waals surface area contributed by atoms with Crippen molar-refractivity contribution in [3.63, 3.8) is 0 Å². The minimum atomic E-state index is -4.76. The van der Waals surface area contributed by atoms with Gasteiger partial charge in [-0.25, -0.2) is 9.97 Å². The Labute approximate surface area is 179 Å². The van der Waals surface area contributed by atoms with Crippen LogP contribution in [0, 0.1) is 0 Å². The standard InChI is InChI=1S/C21H17BrF3N3O2/c22-15-3-6-17-18(11-15)26-12-27-19(17)13-7-9-28(10-8-13)20(29)14-1-4-16(5-2-14)30-21(23,24)25/h1-6,11-13H,7-10H2. The predicted octanol–water partition coefficient (Wildman–Crippen LogP) is 5.31. The molecule has 0 spiro atoms. The van der Waals surface area contributed by atoms with E-state index in [-0.39, 0.29) is 17.6 Å². The van der Waals surface area contributed by atoms with Crippen LogP contribution in [0.4, 0.5) is 13.2 Å². The van der Waals surface area contributed by atoms with Crippen molar-refractivity contribution in [1.29, 1.82) is 0 Å². The van der Waals surface area contributed by atoms with Gasteiger partial charge in [0, 0.05) is 34.4 Å². The number of carbonyl (C=O) groups excluding carboxylic acids is 1. The van der Waals surface area contributed by atoms with E-state index in [4.69, 9.17) is 0 Å². The van der Waals surface area contributed by atoms with Crippen molar-refractivity contribution in [2.24, 2.45) is 0 Å². The summed E-state index contributed by atoms with van der Waals surface area (Å²) in [4.78, 5) is 23.3. The summed E-state index contributed by atoms with van der Waals surface area (Å²) in [7, 11) is 0. The molecule has 1 aliphatic heterocycles. The van der Waals surface area contributed by atoms with Gasteiger partial charge in [-0.05, 0) is 55.3 Å². The van der Waals surface area contributed by atoms with Gasteiger partial charge >= 0.3 is 6.36 Å². The summed E-state index contributed by atoms with van der Waals surface area (Å²) >= 11 is 3.45. The molecule has 2 aromatic carbocycles. The Hall–Kier alpha value is -2.68. The molecule has 0 N–H and O–H groups in total. The summed E-state index contributed by atoms with van der Waals surface area (Å²) in [6.45, 7) is 1.10. The van der Waals surface area contributed by atoms with E-state index in [1.165, 1.54) is 12.1 Å². The Kier molecular flexibility index (Phi) is 5.64. The molecule has 9 heteroatoms. The van der Waals surface area contributed by atoms with Gasteiger partial charge < -0.3 is 9.64 Å². The zero-order valence-electron chi connectivity index (χ0n) is 15.7. The van der Waals surface area contributed by atoms with Crippen LogP contribution in [-0.2, 0) is 0 Å². The number of hydrogen-bond acceptors (Lipinski definition) is 4. The second-order valence-electron chi connectivity index (χ2n) is 7.06. The molecule has 0 atom stereocenters. The van der Waals surface area contributed by atoms with E-state index < -0.39 is 6.36 Å². The van der Waals surface area contributed by atoms with Crippen LogP contribution in [-0.4, -0.2) is 40.2 Å². The maximum atomic E-state index is 12.7. The largest absolute Gasteiger partial charge is 0.573 e. The highest BCUT2D eigenvalue weighted by Crippen LogP contribution is 2.32. The monoisotopic (exact) mass is 479 g/mol. The fraction of sp³-hybridized carbons (Fsp3) is 0.286. The maximum absolute atomic E-state index is 12.7. The Bertz CT molecular complexity index is 1070. The molecule has 1 amide bonds. The third kappa shape index (κ3) is 4.56. The second-order valence-corrected chi connectivity index (χ2v) is 7.97. The average molecular weight is 480 g/mol. The lowest BCUT2D eigenvalue weighted by molar-refractivity contribution is -0.274. The van der Waals surface area contributed by atoms with Gasteiger partial charge in [0.1, 0.15) is 12.1 Å². The van der Waals surface area contributed by atoms with Crippen molar-refractivity contribution in [3.05, 3.63) is 64.5 Å². The molecule has 5 nitrogen and oxygen atoms in total. The molecular formula is C21H17BrF3N3O2. The quantitative estimate of drug-likeness (QED) is 0.510. The van der Waals surface area contributed by atoms with Crippen molar-refractivity contribution in [2.45, 2.75) is 25.1 Å². The van der Waals surface area contributed by atoms with Crippen LogP contribution < -0.4 is 4.74 Å². The van der Waals surface area contributed by atoms with Crippen LogP contribution in [0.15, 0.2) is 53.3 Å². The molecule has 1 aromatic heterocycles. The number of aromatic nitrogens is 2. The minimum Gasteiger partial charge on any atom is -0.406 e. The number of likely N-dealkylation sites (tertiary alicyclic amines) is 1. The molecule has 156 valence electrons. The fourth-order valence-corrected chi connectivity index (χ4v) is 4.06. The van der Waals surface area contributed by atoms with E-state index in [2.05, 4.69) is 30.6 Å². The van der Waals surface area contributed by atoms with Crippen LogP contribution >= 0.6 is 15.9 Å². The number of carbonyl (C=O) groups is 1. The molecule has 4 rings (SSSR count). The fourth-order valence-electron chi connectivity index (χ4n) is 3.71. The predicted molar refractivity (Wildman–Crippen MR) is 108 cm³/mol. The first-order valence-electron chi connectivity index (χ1n) is 9.35. The van der Waals surface area contributed by atoms with Crippen LogP contribution in [0.2, 0.25) is 0 Å². The molecule has 2 heterocycles. The molecule has 0 radical (unpaired) electrons. The smallest absolute Gasteiger partial charge is 0.406 e. The summed E-state index contributed by atoms with van der Waals surface area (Å²) in [6, 6.07) is 10.9. The first kappa shape index (κ1) is 20.6. The van der Waals surface area contributed by atoms with Crippen LogP contribution in [0.1, 0.15) is 34.8 Å². The van der Waals surface area contributed by atoms with Gasteiger partial charge in [0.15, 0.2) is 0 Å². The number of benzene rings is 2. The number of piperidine rings is 1. The van der Waals surface area contributed by atoms with Gasteiger partial charge in [0.25, 0.3) is 5.91 Å². The van der Waals surface area contributed by atoms with E-state index in [0.717, 1.165) is 46.0 Å². The van der Waals surface area contributed by atoms with Crippen LogP contribution in [0.5, 0.6) is 5.75 Å². The molecule has 1 aliphatic rings. The Morgan fingerprint density at radius 2 is 1.77 bits per heavy atom. The molecule has 0 unspecified atom stereocenters. The number of amides is 1. The Balaban J connectivity index is 1.43. The summed E-state index contributed by atoms with van der Waals surface area (Å²) in [5.74, 6) is -0.341. The Morgan fingerprint density at radius 1 is 1.07 bits per heavy atom. The van der Waals surface area contributed by atoms with Gasteiger partial charge in [-0.1, -0.05) is 15.9 Å². The number of rotatable bonds is 3. The molecule has 1 saturated heterocycles. The van der Waals surface area contributed by atoms with Crippen molar-refractivity contribution in [3.8, 4) is 5.75 Å². The van der Waals surface area contributed by atoms with Gasteiger partial charge in [-0.15, -0.1) is 13.2 Å². The van der Waals surface area contributed by atoms with E-state index in [0.29, 0.717) is 18.7 Å². The van der Waals surface area contributed by atoms with E-state index in [1.807, 2.05) is 18.2 Å². The lowest BCUT2D eigenvalue weighted by Crippen LogP contribution is -2.38. The minimum absolute atomic E-state index is 0.205. The topological polar surface area (TPSA) is 55.3 Å². The summed E-state index contributed by atoms with van der Waals surface area (Å²) in [5.41, 5.74) is 2.18. The highest BCUT2D eigenvalue weighted by atomic mass is 79.9. The number of ether oxygens (including phenoxy) is 1. The highest BCUT2D eigenvalue weighted by molar-refractivity contribution is 9.10. The number of fused-ring (bicyclic) bond motifs is 1. The molecule has 0 saturated carbocycles. The zero-order chi connectivity index (χ0) is 21.3. The third-order valence-electron chi connectivity index (χ3n) is 5.13. The molecule has 0 aliphatic carbocycles. The van der Waals surface area contributed by atoms with E-state index in [9.17, 15) is 18.0 Å². The molecule has 0 bridgehead atoms. The maximum Gasteiger partial charge on any atom is 0.573 e. The molecule has 1 fully saturated rings. The lowest BCUT2D eigenvalue weighted by Gasteiger charge is -2.32. The SMILES string of the molecule is O=C(c1ccc(OC(F)(F)F)cc1)N1CCC(c2ncnc3cc(Br)ccc23)CC1. The van der Waals surface area contributed by atoms with Crippen molar-refractivity contribution < 1.29 is 22.7 Å². The molecular weight excluding hydrogens is 463 g/mol. The van der Waals surface area contributed by atoms with Crippen LogP contribution in [0.25, 0.3) is 10.9 Å². The normalized spacial score (nSPS) is 15.4. The summed E-state index contributed by atoms with van der Waals surface area (Å²) < 4.78 is 41.6. The van der Waals surface area contributed by atoms with Crippen molar-refractivity contribution in [1.82, 2.24) is 14.9 Å². The molecule has 3 aromatic rings. The van der Waals surface area contributed by atoms with Gasteiger partial charge in [0.05, 0.1) is 11.2 Å².